The van der Waals surface area contributed by atoms with Crippen molar-refractivity contribution in [1.29, 1.82) is 0 Å². The Morgan fingerprint density at radius 2 is 0.885 bits per heavy atom. The van der Waals surface area contributed by atoms with Crippen molar-refractivity contribution in [3.63, 3.8) is 0 Å². The lowest BCUT2D eigenvalue weighted by Crippen LogP contribution is -2.43. The third-order valence-electron chi connectivity index (χ3n) is 13.9. The Bertz CT molecular complexity index is 3230. The molecule has 7 aromatic carbocycles. The normalized spacial score (nSPS) is 20.2. The molecule has 0 aliphatic heterocycles. The molecule has 2 aliphatic rings. The molecule has 2 saturated carbocycles. The van der Waals surface area contributed by atoms with Gasteiger partial charge in [0.1, 0.15) is 5.82 Å². The van der Waals surface area contributed by atoms with Crippen molar-refractivity contribution in [3.8, 4) is 45.3 Å². The highest BCUT2D eigenvalue weighted by Gasteiger charge is 2.47. The summed E-state index contributed by atoms with van der Waals surface area (Å²) in [7, 11) is 0. The Hall–Kier alpha value is -6.85. The van der Waals surface area contributed by atoms with Crippen LogP contribution in [0.4, 0.5) is 0 Å². The van der Waals surface area contributed by atoms with Gasteiger partial charge in [0.2, 0.25) is 0 Å². The van der Waals surface area contributed by atoms with Gasteiger partial charge in [0.25, 0.3) is 0 Å². The molecule has 0 amide bonds. The Balaban J connectivity index is 1.14. The summed E-state index contributed by atoms with van der Waals surface area (Å²) in [6.45, 7) is 4.89. The number of rotatable bonds is 6. The fourth-order valence-electron chi connectivity index (χ4n) is 11.8. The SMILES string of the molecule is C[C@@H]1CC2C[C@H](C)CC(c3nc(-c4ccccc4-n4c5ccccc5c5ccccc54)nc(-c4ccccc4-n4c5ccccc5c5cccc(-c6ccccc6)c54)n3)(C2)C1. The predicted octanol–water partition coefficient (Wildman–Crippen LogP) is 14.2. The molecule has 3 aromatic heterocycles. The van der Waals surface area contributed by atoms with E-state index in [4.69, 9.17) is 15.0 Å². The first-order valence-corrected chi connectivity index (χ1v) is 22.0. The second-order valence-electron chi connectivity index (χ2n) is 18.1. The number of para-hydroxylation sites is 6. The molecule has 4 atom stereocenters. The van der Waals surface area contributed by atoms with Crippen molar-refractivity contribution >= 4 is 43.6 Å². The standard InChI is InChI=1S/C56H47N5/c1-36-31-38-32-37(2)34-56(33-36,35-38)55-58-53(45-22-9-14-29-50(45)60-47-26-11-6-19-41(47)42-20-7-12-27-48(42)60)57-54(59-55)46-23-10-15-30-51(46)61-49-28-13-8-21-43(49)44-25-16-24-40(52(44)61)39-17-4-3-5-18-39/h3-30,36-38H,31-35H2,1-2H3/t36-,37+,38?,56?. The van der Waals surface area contributed by atoms with Gasteiger partial charge in [-0.3, -0.25) is 0 Å². The highest BCUT2D eigenvalue weighted by Crippen LogP contribution is 2.54. The fraction of sp³-hybridized carbons (Fsp3) is 0.196. The van der Waals surface area contributed by atoms with E-state index in [1.165, 1.54) is 62.1 Å². The number of nitrogens with zero attached hydrogens (tertiary/aromatic N) is 5. The van der Waals surface area contributed by atoms with Crippen molar-refractivity contribution in [1.82, 2.24) is 24.1 Å². The molecule has 0 spiro atoms. The number of benzene rings is 7. The average Bonchev–Trinajstić information content (AvgIpc) is 3.82. The molecular formula is C56H47N5. The molecule has 2 unspecified atom stereocenters. The molecule has 2 fully saturated rings. The van der Waals surface area contributed by atoms with Crippen LogP contribution in [0, 0.1) is 17.8 Å². The van der Waals surface area contributed by atoms with Crippen LogP contribution >= 0.6 is 0 Å². The summed E-state index contributed by atoms with van der Waals surface area (Å²) in [5, 5.41) is 4.91. The molecule has 3 heterocycles. The maximum absolute atomic E-state index is 5.69. The van der Waals surface area contributed by atoms with Gasteiger partial charge in [-0.25, -0.2) is 15.0 Å². The van der Waals surface area contributed by atoms with E-state index in [0.29, 0.717) is 17.8 Å². The molecule has 2 bridgehead atoms. The lowest BCUT2D eigenvalue weighted by Gasteiger charge is -2.49. The lowest BCUT2D eigenvalue weighted by atomic mass is 9.56. The van der Waals surface area contributed by atoms with Gasteiger partial charge in [0, 0.05) is 43.7 Å². The van der Waals surface area contributed by atoms with Crippen molar-refractivity contribution in [3.05, 3.63) is 176 Å². The number of hydrogen-bond acceptors (Lipinski definition) is 3. The first-order valence-electron chi connectivity index (χ1n) is 22.0. The van der Waals surface area contributed by atoms with Gasteiger partial charge in [0.15, 0.2) is 11.6 Å². The highest BCUT2D eigenvalue weighted by molar-refractivity contribution is 6.14. The van der Waals surface area contributed by atoms with Crippen molar-refractivity contribution in [2.24, 2.45) is 17.8 Å². The zero-order valence-corrected chi connectivity index (χ0v) is 34.7. The van der Waals surface area contributed by atoms with Crippen LogP contribution in [-0.4, -0.2) is 24.1 Å². The van der Waals surface area contributed by atoms with E-state index in [1.807, 2.05) is 0 Å². The molecule has 5 heteroatoms. The van der Waals surface area contributed by atoms with E-state index >= 15 is 0 Å². The second kappa shape index (κ2) is 14.1. The van der Waals surface area contributed by atoms with Crippen LogP contribution in [0.5, 0.6) is 0 Å². The van der Waals surface area contributed by atoms with Gasteiger partial charge in [0.05, 0.1) is 33.4 Å². The van der Waals surface area contributed by atoms with E-state index in [9.17, 15) is 0 Å². The third-order valence-corrected chi connectivity index (χ3v) is 13.9. The number of fused-ring (bicyclic) bond motifs is 8. The zero-order valence-electron chi connectivity index (χ0n) is 34.7. The van der Waals surface area contributed by atoms with E-state index in [-0.39, 0.29) is 5.41 Å². The Morgan fingerprint density at radius 3 is 1.49 bits per heavy atom. The maximum atomic E-state index is 5.69. The topological polar surface area (TPSA) is 48.5 Å². The van der Waals surface area contributed by atoms with Crippen molar-refractivity contribution in [2.45, 2.75) is 51.4 Å². The number of hydrogen-bond donors (Lipinski definition) is 0. The minimum absolute atomic E-state index is 0.115. The largest absolute Gasteiger partial charge is 0.309 e. The molecule has 61 heavy (non-hydrogen) atoms. The predicted molar refractivity (Wildman–Crippen MR) is 251 cm³/mol. The van der Waals surface area contributed by atoms with Crippen LogP contribution in [0.3, 0.4) is 0 Å². The smallest absolute Gasteiger partial charge is 0.165 e. The summed E-state index contributed by atoms with van der Waals surface area (Å²) in [4.78, 5) is 17.0. The zero-order chi connectivity index (χ0) is 40.7. The quantitative estimate of drug-likeness (QED) is 0.169. The van der Waals surface area contributed by atoms with E-state index in [0.717, 1.165) is 64.8 Å². The summed E-state index contributed by atoms with van der Waals surface area (Å²) in [6, 6.07) is 61.2. The van der Waals surface area contributed by atoms with Crippen LogP contribution < -0.4 is 0 Å². The van der Waals surface area contributed by atoms with E-state index in [1.54, 1.807) is 0 Å². The molecule has 12 rings (SSSR count). The first kappa shape index (κ1) is 36.0. The minimum Gasteiger partial charge on any atom is -0.309 e. The van der Waals surface area contributed by atoms with Gasteiger partial charge in [-0.05, 0) is 97.9 Å². The lowest BCUT2D eigenvalue weighted by molar-refractivity contribution is 0.0720. The van der Waals surface area contributed by atoms with Gasteiger partial charge in [-0.2, -0.15) is 0 Å². The molecule has 0 radical (unpaired) electrons. The van der Waals surface area contributed by atoms with E-state index < -0.39 is 0 Å². The van der Waals surface area contributed by atoms with Gasteiger partial charge in [-0.15, -0.1) is 0 Å². The third kappa shape index (κ3) is 5.78. The Kier molecular flexibility index (Phi) is 8.35. The molecule has 5 nitrogen and oxygen atoms in total. The summed E-state index contributed by atoms with van der Waals surface area (Å²) in [5.74, 6) is 4.30. The van der Waals surface area contributed by atoms with Crippen LogP contribution in [0.2, 0.25) is 0 Å². The molecule has 0 saturated heterocycles. The average molecular weight is 790 g/mol. The summed E-state index contributed by atoms with van der Waals surface area (Å²) < 4.78 is 4.86. The Morgan fingerprint density at radius 1 is 0.426 bits per heavy atom. The molecule has 2 aliphatic carbocycles. The van der Waals surface area contributed by atoms with Crippen LogP contribution in [0.1, 0.15) is 51.8 Å². The molecule has 0 N–H and O–H groups in total. The molecule has 10 aromatic rings. The number of aromatic nitrogens is 5. The van der Waals surface area contributed by atoms with Gasteiger partial charge >= 0.3 is 0 Å². The van der Waals surface area contributed by atoms with E-state index in [2.05, 4.69) is 193 Å². The van der Waals surface area contributed by atoms with Crippen molar-refractivity contribution < 1.29 is 0 Å². The fourth-order valence-corrected chi connectivity index (χ4v) is 11.8. The summed E-state index contributed by atoms with van der Waals surface area (Å²) in [6.07, 6.45) is 5.90. The highest BCUT2D eigenvalue weighted by atomic mass is 15.1. The molecule has 296 valence electrons. The van der Waals surface area contributed by atoms with Gasteiger partial charge in [-0.1, -0.05) is 141 Å². The van der Waals surface area contributed by atoms with Crippen LogP contribution in [0.15, 0.2) is 170 Å². The van der Waals surface area contributed by atoms with Crippen LogP contribution in [-0.2, 0) is 5.41 Å². The second-order valence-corrected chi connectivity index (χ2v) is 18.1. The van der Waals surface area contributed by atoms with Gasteiger partial charge < -0.3 is 9.13 Å². The van der Waals surface area contributed by atoms with Crippen molar-refractivity contribution in [2.75, 3.05) is 0 Å². The first-order chi connectivity index (χ1) is 30.0. The minimum atomic E-state index is -0.115. The summed E-state index contributed by atoms with van der Waals surface area (Å²) in [5.41, 5.74) is 11.0. The monoisotopic (exact) mass is 789 g/mol. The Labute approximate surface area is 356 Å². The molecular weight excluding hydrogens is 743 g/mol. The maximum Gasteiger partial charge on any atom is 0.165 e. The van der Waals surface area contributed by atoms with Crippen LogP contribution in [0.25, 0.3) is 88.9 Å². The summed E-state index contributed by atoms with van der Waals surface area (Å²) >= 11 is 0.